The van der Waals surface area contributed by atoms with Crippen molar-refractivity contribution >= 4 is 17.8 Å². The van der Waals surface area contributed by atoms with Crippen LogP contribution in [-0.4, -0.2) is 48.7 Å². The fraction of sp³-hybridized carbons (Fsp3) is 0.679. The van der Waals surface area contributed by atoms with E-state index in [0.29, 0.717) is 32.2 Å². The summed E-state index contributed by atoms with van der Waals surface area (Å²) >= 11 is 0. The summed E-state index contributed by atoms with van der Waals surface area (Å²) in [5, 5.41) is 15.4. The van der Waals surface area contributed by atoms with Gasteiger partial charge in [-0.15, -0.1) is 0 Å². The second-order valence-electron chi connectivity index (χ2n) is 11.8. The summed E-state index contributed by atoms with van der Waals surface area (Å²) in [4.78, 5) is 37.8. The molecule has 0 aromatic heterocycles. The summed E-state index contributed by atoms with van der Waals surface area (Å²) in [6.45, 7) is 2.84. The minimum Gasteiger partial charge on any atom is -0.496 e. The van der Waals surface area contributed by atoms with Crippen molar-refractivity contribution < 1.29 is 33.4 Å². The fourth-order valence-electron chi connectivity index (χ4n) is 6.49. The molecular weight excluding hydrogens is 479 g/mol. The Bertz CT molecular complexity index is 1060. The van der Waals surface area contributed by atoms with Gasteiger partial charge in [0.25, 0.3) is 5.91 Å². The number of nitrogens with one attached hydrogen (secondary N) is 2. The van der Waals surface area contributed by atoms with Crippen LogP contribution in [0.1, 0.15) is 75.1 Å². The second kappa shape index (κ2) is 10.1. The number of carboxylic acids is 1. The van der Waals surface area contributed by atoms with Crippen molar-refractivity contribution in [2.75, 3.05) is 13.7 Å². The number of ether oxygens (including phenoxy) is 2. The average Bonchev–Trinajstić information content (AvgIpc) is 3.28. The number of halogens is 1. The van der Waals surface area contributed by atoms with Crippen LogP contribution in [0.3, 0.4) is 0 Å². The number of rotatable bonds is 9. The first-order valence-electron chi connectivity index (χ1n) is 13.5. The van der Waals surface area contributed by atoms with Crippen LogP contribution in [0, 0.1) is 34.9 Å². The van der Waals surface area contributed by atoms with Gasteiger partial charge in [-0.3, -0.25) is 14.4 Å². The Labute approximate surface area is 216 Å². The van der Waals surface area contributed by atoms with Crippen LogP contribution in [0.25, 0.3) is 0 Å². The highest BCUT2D eigenvalue weighted by atomic mass is 19.1. The van der Waals surface area contributed by atoms with Crippen LogP contribution in [-0.2, 0) is 9.59 Å². The van der Waals surface area contributed by atoms with Crippen molar-refractivity contribution in [3.05, 3.63) is 23.5 Å². The van der Waals surface area contributed by atoms with Gasteiger partial charge in [-0.05, 0) is 81.1 Å². The maximum atomic E-state index is 14.8. The molecule has 2 bridgehead atoms. The molecule has 0 heterocycles. The summed E-state index contributed by atoms with van der Waals surface area (Å²) in [7, 11) is 1.38. The molecule has 0 radical (unpaired) electrons. The zero-order chi connectivity index (χ0) is 26.3. The smallest absolute Gasteiger partial charge is 0.306 e. The van der Waals surface area contributed by atoms with Gasteiger partial charge < -0.3 is 25.2 Å². The Morgan fingerprint density at radius 1 is 1.05 bits per heavy atom. The highest BCUT2D eigenvalue weighted by molar-refractivity contribution is 5.98. The molecule has 4 aliphatic rings. The molecule has 0 unspecified atom stereocenters. The minimum atomic E-state index is -0.817. The molecule has 4 saturated carbocycles. The van der Waals surface area contributed by atoms with Gasteiger partial charge in [0.2, 0.25) is 5.91 Å². The number of hydrogen-bond acceptors (Lipinski definition) is 5. The van der Waals surface area contributed by atoms with E-state index in [1.807, 2.05) is 0 Å². The second-order valence-corrected chi connectivity index (χ2v) is 11.8. The predicted molar refractivity (Wildman–Crippen MR) is 133 cm³/mol. The third kappa shape index (κ3) is 5.41. The van der Waals surface area contributed by atoms with Gasteiger partial charge in [-0.1, -0.05) is 6.92 Å². The molecule has 0 spiro atoms. The van der Waals surface area contributed by atoms with Gasteiger partial charge in [-0.2, -0.15) is 0 Å². The highest BCUT2D eigenvalue weighted by Crippen LogP contribution is 2.49. The summed E-state index contributed by atoms with van der Waals surface area (Å²) in [5.74, 6) is -1.98. The lowest BCUT2D eigenvalue weighted by molar-refractivity contribution is -0.143. The first-order chi connectivity index (χ1) is 17.7. The lowest BCUT2D eigenvalue weighted by atomic mass is 9.83. The molecule has 0 aliphatic heterocycles. The zero-order valence-corrected chi connectivity index (χ0v) is 21.6. The summed E-state index contributed by atoms with van der Waals surface area (Å²) in [6, 6.07) is 2.24. The van der Waals surface area contributed by atoms with Crippen LogP contribution in [0.5, 0.6) is 11.5 Å². The number of amides is 2. The number of benzene rings is 1. The first-order valence-corrected chi connectivity index (χ1v) is 13.5. The maximum Gasteiger partial charge on any atom is 0.306 e. The SMILES string of the molecule is COc1cc(F)c(OC2CCC(C(=O)O)CC2)cc1C(=O)N[C@@H]1[C@H]2CC[C@H](C2)[C@@H]1C(=O)NCC1(C)CC1. The number of carbonyl (C=O) groups is 3. The fourth-order valence-corrected chi connectivity index (χ4v) is 6.49. The molecule has 5 rings (SSSR count). The minimum absolute atomic E-state index is 0.0117. The van der Waals surface area contributed by atoms with Gasteiger partial charge in [-0.25, -0.2) is 4.39 Å². The molecule has 9 heteroatoms. The molecule has 202 valence electrons. The molecule has 3 N–H and O–H groups in total. The van der Waals surface area contributed by atoms with Crippen LogP contribution < -0.4 is 20.1 Å². The summed E-state index contributed by atoms with van der Waals surface area (Å²) < 4.78 is 26.0. The third-order valence-corrected chi connectivity index (χ3v) is 9.13. The Balaban J connectivity index is 1.29. The third-order valence-electron chi connectivity index (χ3n) is 9.13. The monoisotopic (exact) mass is 516 g/mol. The van der Waals surface area contributed by atoms with E-state index in [-0.39, 0.29) is 58.3 Å². The molecule has 1 aromatic carbocycles. The first kappa shape index (κ1) is 25.8. The lowest BCUT2D eigenvalue weighted by Gasteiger charge is -2.31. The topological polar surface area (TPSA) is 114 Å². The van der Waals surface area contributed by atoms with Crippen molar-refractivity contribution in [1.29, 1.82) is 0 Å². The van der Waals surface area contributed by atoms with E-state index < -0.39 is 23.6 Å². The predicted octanol–water partition coefficient (Wildman–Crippen LogP) is 3.92. The van der Waals surface area contributed by atoms with Crippen molar-refractivity contribution in [2.45, 2.75) is 76.9 Å². The Morgan fingerprint density at radius 2 is 1.76 bits per heavy atom. The van der Waals surface area contributed by atoms with Gasteiger partial charge in [0.1, 0.15) is 5.75 Å². The van der Waals surface area contributed by atoms with Crippen LogP contribution in [0.4, 0.5) is 4.39 Å². The molecule has 2 amide bonds. The maximum absolute atomic E-state index is 14.8. The number of hydrogen-bond donors (Lipinski definition) is 3. The summed E-state index contributed by atoms with van der Waals surface area (Å²) in [5.41, 5.74) is 0.363. The van der Waals surface area contributed by atoms with E-state index in [4.69, 9.17) is 9.47 Å². The highest BCUT2D eigenvalue weighted by Gasteiger charge is 2.52. The van der Waals surface area contributed by atoms with Crippen molar-refractivity contribution in [1.82, 2.24) is 10.6 Å². The molecule has 4 aliphatic carbocycles. The van der Waals surface area contributed by atoms with Crippen molar-refractivity contribution in [3.63, 3.8) is 0 Å². The molecule has 4 fully saturated rings. The number of aliphatic carboxylic acids is 1. The van der Waals surface area contributed by atoms with Crippen molar-refractivity contribution in [2.24, 2.45) is 29.1 Å². The van der Waals surface area contributed by atoms with E-state index in [1.54, 1.807) is 0 Å². The number of fused-ring (bicyclic) bond motifs is 2. The Morgan fingerprint density at radius 3 is 2.41 bits per heavy atom. The zero-order valence-electron chi connectivity index (χ0n) is 21.6. The van der Waals surface area contributed by atoms with Gasteiger partial charge in [0.15, 0.2) is 11.6 Å². The van der Waals surface area contributed by atoms with E-state index >= 15 is 0 Å². The Kier molecular flexibility index (Phi) is 7.07. The number of carboxylic acid groups (broad SMARTS) is 1. The quantitative estimate of drug-likeness (QED) is 0.459. The molecular formula is C28H37FN2O6. The van der Waals surface area contributed by atoms with E-state index in [2.05, 4.69) is 17.6 Å². The van der Waals surface area contributed by atoms with Crippen LogP contribution in [0.2, 0.25) is 0 Å². The standard InChI is InChI=1S/C28H37FN2O6/c1-28(9-10-28)14-30-26(33)23-16-3-4-17(11-16)24(23)31-25(32)19-12-22(20(29)13-21(19)36-2)37-18-7-5-15(6-8-18)27(34)35/h12-13,15-18,23-24H,3-11,14H2,1-2H3,(H,30,33)(H,31,32)(H,34,35)/t15?,16-,17+,18?,23+,24-/m1/s1. The molecule has 4 atom stereocenters. The number of carbonyl (C=O) groups excluding carboxylic acids is 2. The van der Waals surface area contributed by atoms with Crippen molar-refractivity contribution in [3.8, 4) is 11.5 Å². The van der Waals surface area contributed by atoms with E-state index in [9.17, 15) is 23.9 Å². The number of methoxy groups -OCH3 is 1. The summed E-state index contributed by atoms with van der Waals surface area (Å²) in [6.07, 6.45) is 6.78. The van der Waals surface area contributed by atoms with Crippen LogP contribution >= 0.6 is 0 Å². The molecule has 1 aromatic rings. The van der Waals surface area contributed by atoms with Gasteiger partial charge >= 0.3 is 5.97 Å². The lowest BCUT2D eigenvalue weighted by Crippen LogP contribution is -2.50. The van der Waals surface area contributed by atoms with Gasteiger partial charge in [0.05, 0.1) is 30.6 Å². The molecule has 37 heavy (non-hydrogen) atoms. The molecule has 8 nitrogen and oxygen atoms in total. The van der Waals surface area contributed by atoms with Crippen LogP contribution in [0.15, 0.2) is 12.1 Å². The van der Waals surface area contributed by atoms with E-state index in [1.165, 1.54) is 13.2 Å². The molecule has 0 saturated heterocycles. The largest absolute Gasteiger partial charge is 0.496 e. The normalized spacial score (nSPS) is 31.4. The van der Waals surface area contributed by atoms with E-state index in [0.717, 1.165) is 38.2 Å². The van der Waals surface area contributed by atoms with Gasteiger partial charge in [0, 0.05) is 18.7 Å². The average molecular weight is 517 g/mol. The Hall–Kier alpha value is -2.84.